The average molecular weight is 386 g/mol. The second-order valence-electron chi connectivity index (χ2n) is 8.36. The Balaban J connectivity index is 1.75. The second-order valence-corrected chi connectivity index (χ2v) is 9.36. The summed E-state index contributed by atoms with van der Waals surface area (Å²) in [7, 11) is -2.05. The summed E-state index contributed by atoms with van der Waals surface area (Å²) in [6.45, 7) is 6.33. The van der Waals surface area contributed by atoms with Gasteiger partial charge in [0.05, 0.1) is 0 Å². The lowest BCUT2D eigenvalue weighted by Gasteiger charge is -2.18. The Hall–Kier alpha value is -1.61. The van der Waals surface area contributed by atoms with Crippen LogP contribution < -0.4 is 4.74 Å². The summed E-state index contributed by atoms with van der Waals surface area (Å²) < 4.78 is 5.60. The number of aryl methyl sites for hydroxylation is 1. The van der Waals surface area contributed by atoms with Gasteiger partial charge in [-0.05, 0) is 83.5 Å². The van der Waals surface area contributed by atoms with Crippen molar-refractivity contribution in [1.82, 2.24) is 0 Å². The number of ether oxygens (including phenoxy) is 1. The number of rotatable bonds is 5. The largest absolute Gasteiger partial charge is 0.508 e. The number of benzene rings is 2. The lowest BCUT2D eigenvalue weighted by Crippen LogP contribution is -2.02. The van der Waals surface area contributed by atoms with Crippen LogP contribution in [0, 0.1) is 6.92 Å². The normalized spacial score (nSPS) is 19.7. The van der Waals surface area contributed by atoms with E-state index >= 15 is 0 Å². The third kappa shape index (κ3) is 3.35. The van der Waals surface area contributed by atoms with Crippen molar-refractivity contribution in [3.8, 4) is 11.5 Å². The topological polar surface area (TPSA) is 69.9 Å². The van der Waals surface area contributed by atoms with E-state index in [9.17, 15) is 5.11 Å². The van der Waals surface area contributed by atoms with Crippen LogP contribution in [0.2, 0.25) is 0 Å². The molecule has 4 nitrogen and oxygen atoms in total. The standard InChI is InChI=1S/C22H27O4P/c1-13(2)17-9-15(4-5-20(17)23)18-11-22(6-7-22)19-10-16(26-12-27(24)25)8-14(3)21(18)19/h4-5,8-10,13,18,23-25H,6-7,11-12H2,1-3H3. The molecule has 27 heavy (non-hydrogen) atoms. The Morgan fingerprint density at radius 2 is 1.93 bits per heavy atom. The van der Waals surface area contributed by atoms with Gasteiger partial charge in [0, 0.05) is 5.92 Å². The molecule has 5 heteroatoms. The van der Waals surface area contributed by atoms with E-state index in [0.29, 0.717) is 11.7 Å². The van der Waals surface area contributed by atoms with Crippen molar-refractivity contribution in [3.63, 3.8) is 0 Å². The molecule has 1 spiro atoms. The summed E-state index contributed by atoms with van der Waals surface area (Å²) in [5.74, 6) is 1.72. The zero-order valence-electron chi connectivity index (χ0n) is 16.1. The molecular weight excluding hydrogens is 359 g/mol. The summed E-state index contributed by atoms with van der Waals surface area (Å²) in [4.78, 5) is 18.3. The number of aromatic hydroxyl groups is 1. The Morgan fingerprint density at radius 1 is 1.19 bits per heavy atom. The molecule has 3 N–H and O–H groups in total. The molecule has 0 radical (unpaired) electrons. The molecule has 2 aliphatic rings. The summed E-state index contributed by atoms with van der Waals surface area (Å²) in [5.41, 5.74) is 6.45. The van der Waals surface area contributed by atoms with Gasteiger partial charge in [0.2, 0.25) is 8.38 Å². The second kappa shape index (κ2) is 6.77. The first-order chi connectivity index (χ1) is 12.8. The Kier molecular flexibility index (Phi) is 4.70. The van der Waals surface area contributed by atoms with Crippen molar-refractivity contribution in [1.29, 1.82) is 0 Å². The molecule has 4 rings (SSSR count). The Labute approximate surface area is 161 Å². The van der Waals surface area contributed by atoms with Gasteiger partial charge in [-0.15, -0.1) is 0 Å². The average Bonchev–Trinajstić information content (AvgIpc) is 3.31. The number of fused-ring (bicyclic) bond motifs is 2. The van der Waals surface area contributed by atoms with Crippen LogP contribution in [0.1, 0.15) is 72.8 Å². The highest BCUT2D eigenvalue weighted by Crippen LogP contribution is 2.63. The maximum absolute atomic E-state index is 10.2. The van der Waals surface area contributed by atoms with Crippen LogP contribution in [-0.4, -0.2) is 21.2 Å². The van der Waals surface area contributed by atoms with Crippen molar-refractivity contribution < 1.29 is 19.6 Å². The van der Waals surface area contributed by atoms with Crippen LogP contribution in [0.4, 0.5) is 0 Å². The molecule has 1 fully saturated rings. The number of phenols is 1. The third-order valence-electron chi connectivity index (χ3n) is 6.15. The SMILES string of the molecule is Cc1cc(OCP(O)O)cc2c1C(c1ccc(O)c(C(C)C)c1)CC21CC1. The molecule has 144 valence electrons. The van der Waals surface area contributed by atoms with E-state index in [4.69, 9.17) is 14.5 Å². The van der Waals surface area contributed by atoms with Crippen LogP contribution >= 0.6 is 8.38 Å². The molecule has 0 saturated heterocycles. The minimum absolute atomic E-state index is 0.0559. The summed E-state index contributed by atoms with van der Waals surface area (Å²) in [6.07, 6.45) is 3.43. The summed E-state index contributed by atoms with van der Waals surface area (Å²) in [6, 6.07) is 10.2. The lowest BCUT2D eigenvalue weighted by molar-refractivity contribution is 0.347. The summed E-state index contributed by atoms with van der Waals surface area (Å²) in [5, 5.41) is 10.2. The van der Waals surface area contributed by atoms with Crippen LogP contribution in [0.15, 0.2) is 30.3 Å². The smallest absolute Gasteiger partial charge is 0.205 e. The summed E-state index contributed by atoms with van der Waals surface area (Å²) >= 11 is 0. The third-order valence-corrected chi connectivity index (χ3v) is 6.51. The first-order valence-corrected chi connectivity index (χ1v) is 11.0. The van der Waals surface area contributed by atoms with Crippen molar-refractivity contribution >= 4 is 8.38 Å². The van der Waals surface area contributed by atoms with Crippen LogP contribution in [0.25, 0.3) is 0 Å². The molecule has 0 aliphatic heterocycles. The van der Waals surface area contributed by atoms with Gasteiger partial charge in [-0.1, -0.05) is 26.0 Å². The number of hydrogen-bond donors (Lipinski definition) is 3. The highest BCUT2D eigenvalue weighted by atomic mass is 31.2. The fourth-order valence-electron chi connectivity index (χ4n) is 4.65. The van der Waals surface area contributed by atoms with E-state index in [1.807, 2.05) is 12.1 Å². The van der Waals surface area contributed by atoms with Gasteiger partial charge in [0.25, 0.3) is 0 Å². The first-order valence-electron chi connectivity index (χ1n) is 9.57. The van der Waals surface area contributed by atoms with Crippen molar-refractivity contribution in [2.24, 2.45) is 0 Å². The van der Waals surface area contributed by atoms with E-state index in [0.717, 1.165) is 17.7 Å². The minimum atomic E-state index is -2.05. The first kappa shape index (κ1) is 18.7. The molecule has 1 saturated carbocycles. The molecular formula is C22H27O4P. The van der Waals surface area contributed by atoms with E-state index in [-0.39, 0.29) is 17.7 Å². The molecule has 1 atom stereocenters. The predicted molar refractivity (Wildman–Crippen MR) is 108 cm³/mol. The monoisotopic (exact) mass is 386 g/mol. The Morgan fingerprint density at radius 3 is 2.56 bits per heavy atom. The maximum Gasteiger partial charge on any atom is 0.205 e. The van der Waals surface area contributed by atoms with Gasteiger partial charge < -0.3 is 19.6 Å². The minimum Gasteiger partial charge on any atom is -0.508 e. The van der Waals surface area contributed by atoms with Crippen LogP contribution in [0.3, 0.4) is 0 Å². The van der Waals surface area contributed by atoms with Gasteiger partial charge in [0.1, 0.15) is 11.5 Å². The molecule has 2 aromatic rings. The molecule has 2 aromatic carbocycles. The molecule has 0 aromatic heterocycles. The highest BCUT2D eigenvalue weighted by molar-refractivity contribution is 7.44. The van der Waals surface area contributed by atoms with Gasteiger partial charge in [-0.2, -0.15) is 0 Å². The van der Waals surface area contributed by atoms with Crippen molar-refractivity contribution in [2.75, 3.05) is 6.35 Å². The van der Waals surface area contributed by atoms with E-state index < -0.39 is 8.38 Å². The quantitative estimate of drug-likeness (QED) is 0.631. The fraction of sp³-hybridized carbons (Fsp3) is 0.455. The van der Waals surface area contributed by atoms with Crippen molar-refractivity contribution in [2.45, 2.75) is 57.3 Å². The predicted octanol–water partition coefficient (Wildman–Crippen LogP) is 5.02. The zero-order chi connectivity index (χ0) is 19.3. The number of phenolic OH excluding ortho intramolecular Hbond substituents is 1. The van der Waals surface area contributed by atoms with E-state index in [2.05, 4.69) is 39.0 Å². The maximum atomic E-state index is 10.2. The Bertz CT molecular complexity index is 871. The molecule has 0 heterocycles. The molecule has 2 aliphatic carbocycles. The van der Waals surface area contributed by atoms with Gasteiger partial charge >= 0.3 is 0 Å². The van der Waals surface area contributed by atoms with Gasteiger partial charge in [-0.25, -0.2) is 0 Å². The van der Waals surface area contributed by atoms with Crippen LogP contribution in [0.5, 0.6) is 11.5 Å². The molecule has 0 bridgehead atoms. The fourth-order valence-corrected chi connectivity index (χ4v) is 4.91. The lowest BCUT2D eigenvalue weighted by atomic mass is 9.87. The molecule has 1 unspecified atom stereocenters. The number of hydrogen-bond acceptors (Lipinski definition) is 4. The van der Waals surface area contributed by atoms with Crippen LogP contribution in [-0.2, 0) is 5.41 Å². The highest BCUT2D eigenvalue weighted by Gasteiger charge is 2.53. The van der Waals surface area contributed by atoms with E-state index in [1.54, 1.807) is 0 Å². The van der Waals surface area contributed by atoms with E-state index in [1.165, 1.54) is 35.1 Å². The van der Waals surface area contributed by atoms with Crippen molar-refractivity contribution in [3.05, 3.63) is 58.1 Å². The van der Waals surface area contributed by atoms with Gasteiger partial charge in [0.15, 0.2) is 6.35 Å². The zero-order valence-corrected chi connectivity index (χ0v) is 17.0. The van der Waals surface area contributed by atoms with Gasteiger partial charge in [-0.3, -0.25) is 0 Å². The molecule has 0 amide bonds.